The molecule has 0 aliphatic carbocycles. The largest absolute Gasteiger partial charge is 0.508 e. The van der Waals surface area contributed by atoms with Gasteiger partial charge in [0.15, 0.2) is 0 Å². The van der Waals surface area contributed by atoms with Crippen LogP contribution in [0.5, 0.6) is 5.75 Å². The Morgan fingerprint density at radius 1 is 1.04 bits per heavy atom. The summed E-state index contributed by atoms with van der Waals surface area (Å²) in [5, 5.41) is 24.2. The maximum atomic E-state index is 9.58. The van der Waals surface area contributed by atoms with E-state index in [1.807, 2.05) is 24.3 Å². The number of aromatic hydroxyl groups is 1. The van der Waals surface area contributed by atoms with Gasteiger partial charge in [0.25, 0.3) is 0 Å². The first kappa shape index (κ1) is 13.2. The quantitative estimate of drug-likeness (QED) is 0.538. The lowest BCUT2D eigenvalue weighted by atomic mass is 10.1. The van der Waals surface area contributed by atoms with Gasteiger partial charge in [-0.25, -0.2) is 9.97 Å². The van der Waals surface area contributed by atoms with Gasteiger partial charge >= 0.3 is 0 Å². The van der Waals surface area contributed by atoms with Crippen molar-refractivity contribution >= 4 is 22.4 Å². The van der Waals surface area contributed by atoms with Crippen LogP contribution in [0, 0.1) is 0 Å². The molecule has 2 aromatic carbocycles. The standard InChI is InChI=1S/C16H12N6O/c23-12-3-1-2-11(7-12)20-16-13-6-10(15-8-19-22-21-15)4-5-14(13)17-9-18-16/h1-9,23H,(H,17,18,20)(H,19,21,22). The van der Waals surface area contributed by atoms with Crippen LogP contribution in [0.1, 0.15) is 0 Å². The molecule has 7 heteroatoms. The first-order chi connectivity index (χ1) is 11.3. The van der Waals surface area contributed by atoms with Gasteiger partial charge in [0, 0.05) is 22.7 Å². The Bertz CT molecular complexity index is 967. The van der Waals surface area contributed by atoms with Gasteiger partial charge in [-0.05, 0) is 24.3 Å². The highest BCUT2D eigenvalue weighted by Crippen LogP contribution is 2.28. The summed E-state index contributed by atoms with van der Waals surface area (Å²) >= 11 is 0. The average Bonchev–Trinajstić information content (AvgIpc) is 3.09. The third kappa shape index (κ3) is 2.55. The minimum absolute atomic E-state index is 0.191. The predicted octanol–water partition coefficient (Wildman–Crippen LogP) is 2.86. The number of aromatic amines is 1. The lowest BCUT2D eigenvalue weighted by Gasteiger charge is -2.09. The Morgan fingerprint density at radius 2 is 2.00 bits per heavy atom. The highest BCUT2D eigenvalue weighted by atomic mass is 16.3. The summed E-state index contributed by atoms with van der Waals surface area (Å²) in [4.78, 5) is 8.59. The Hall–Kier alpha value is -3.48. The minimum Gasteiger partial charge on any atom is -0.508 e. The van der Waals surface area contributed by atoms with Crippen molar-refractivity contribution in [3.05, 3.63) is 55.0 Å². The topological polar surface area (TPSA) is 99.6 Å². The van der Waals surface area contributed by atoms with Crippen molar-refractivity contribution in [3.63, 3.8) is 0 Å². The summed E-state index contributed by atoms with van der Waals surface area (Å²) in [5.74, 6) is 0.850. The maximum Gasteiger partial charge on any atom is 0.141 e. The number of aromatic nitrogens is 5. The number of H-pyrrole nitrogens is 1. The van der Waals surface area contributed by atoms with Crippen LogP contribution >= 0.6 is 0 Å². The molecule has 0 bridgehead atoms. The van der Waals surface area contributed by atoms with Crippen molar-refractivity contribution in [2.45, 2.75) is 0 Å². The first-order valence-corrected chi connectivity index (χ1v) is 6.96. The second-order valence-corrected chi connectivity index (χ2v) is 4.98. The van der Waals surface area contributed by atoms with E-state index in [0.29, 0.717) is 5.82 Å². The van der Waals surface area contributed by atoms with E-state index in [-0.39, 0.29) is 5.75 Å². The van der Waals surface area contributed by atoms with Crippen molar-refractivity contribution in [2.75, 3.05) is 5.32 Å². The van der Waals surface area contributed by atoms with Gasteiger partial charge < -0.3 is 10.4 Å². The molecule has 0 saturated heterocycles. The average molecular weight is 304 g/mol. The fourth-order valence-corrected chi connectivity index (χ4v) is 2.38. The van der Waals surface area contributed by atoms with E-state index in [4.69, 9.17) is 0 Å². The van der Waals surface area contributed by atoms with E-state index in [1.54, 1.807) is 24.4 Å². The van der Waals surface area contributed by atoms with E-state index >= 15 is 0 Å². The summed E-state index contributed by atoms with van der Waals surface area (Å²) in [6.45, 7) is 0. The lowest BCUT2D eigenvalue weighted by Crippen LogP contribution is -1.96. The molecule has 0 aliphatic heterocycles. The molecule has 2 aromatic heterocycles. The molecule has 0 aliphatic rings. The molecule has 0 saturated carbocycles. The van der Waals surface area contributed by atoms with Gasteiger partial charge in [-0.1, -0.05) is 12.1 Å². The fraction of sp³-hybridized carbons (Fsp3) is 0. The first-order valence-electron chi connectivity index (χ1n) is 6.96. The fourth-order valence-electron chi connectivity index (χ4n) is 2.38. The maximum absolute atomic E-state index is 9.58. The molecular formula is C16H12N6O. The third-order valence-electron chi connectivity index (χ3n) is 3.46. The zero-order valence-electron chi connectivity index (χ0n) is 11.9. The zero-order chi connectivity index (χ0) is 15.6. The number of anilines is 2. The van der Waals surface area contributed by atoms with Crippen LogP contribution in [-0.2, 0) is 0 Å². The van der Waals surface area contributed by atoms with Gasteiger partial charge in [-0.3, -0.25) is 0 Å². The summed E-state index contributed by atoms with van der Waals surface area (Å²) in [6, 6.07) is 12.7. The highest BCUT2D eigenvalue weighted by molar-refractivity contribution is 5.93. The van der Waals surface area contributed by atoms with Gasteiger partial charge in [0.2, 0.25) is 0 Å². The van der Waals surface area contributed by atoms with Crippen molar-refractivity contribution in [2.24, 2.45) is 0 Å². The smallest absolute Gasteiger partial charge is 0.141 e. The van der Waals surface area contributed by atoms with Crippen LogP contribution < -0.4 is 5.32 Å². The summed E-state index contributed by atoms with van der Waals surface area (Å²) in [6.07, 6.45) is 3.16. The Balaban J connectivity index is 1.81. The molecule has 0 atom stereocenters. The van der Waals surface area contributed by atoms with Gasteiger partial charge in [-0.15, -0.1) is 0 Å². The monoisotopic (exact) mass is 304 g/mol. The summed E-state index contributed by atoms with van der Waals surface area (Å²) in [5.41, 5.74) is 3.23. The number of benzene rings is 2. The summed E-state index contributed by atoms with van der Waals surface area (Å²) in [7, 11) is 0. The number of nitrogens with zero attached hydrogens (tertiary/aromatic N) is 4. The molecule has 2 heterocycles. The molecular weight excluding hydrogens is 292 g/mol. The Kier molecular flexibility index (Phi) is 3.09. The lowest BCUT2D eigenvalue weighted by molar-refractivity contribution is 0.475. The van der Waals surface area contributed by atoms with Crippen molar-refractivity contribution in [1.82, 2.24) is 25.4 Å². The molecule has 3 N–H and O–H groups in total. The molecule has 0 unspecified atom stereocenters. The van der Waals surface area contributed by atoms with E-state index in [0.717, 1.165) is 27.8 Å². The SMILES string of the molecule is Oc1cccc(Nc2ncnc3ccc(-c4cn[nH]n4)cc23)c1. The molecule has 7 nitrogen and oxygen atoms in total. The number of fused-ring (bicyclic) bond motifs is 1. The van der Waals surface area contributed by atoms with E-state index in [1.165, 1.54) is 6.33 Å². The molecule has 0 radical (unpaired) electrons. The molecule has 23 heavy (non-hydrogen) atoms. The number of hydrogen-bond acceptors (Lipinski definition) is 6. The van der Waals surface area contributed by atoms with Crippen LogP contribution in [-0.4, -0.2) is 30.5 Å². The Morgan fingerprint density at radius 3 is 2.83 bits per heavy atom. The molecule has 4 rings (SSSR count). The van der Waals surface area contributed by atoms with Gasteiger partial charge in [0.05, 0.1) is 11.7 Å². The van der Waals surface area contributed by atoms with Crippen LogP contribution in [0.15, 0.2) is 55.0 Å². The number of phenols is 1. The van der Waals surface area contributed by atoms with Crippen LogP contribution in [0.2, 0.25) is 0 Å². The van der Waals surface area contributed by atoms with Gasteiger partial charge in [0.1, 0.15) is 23.6 Å². The zero-order valence-corrected chi connectivity index (χ0v) is 11.9. The second-order valence-electron chi connectivity index (χ2n) is 4.98. The summed E-state index contributed by atoms with van der Waals surface area (Å²) < 4.78 is 0. The highest BCUT2D eigenvalue weighted by Gasteiger charge is 2.08. The van der Waals surface area contributed by atoms with E-state index < -0.39 is 0 Å². The van der Waals surface area contributed by atoms with E-state index in [9.17, 15) is 5.11 Å². The molecule has 112 valence electrons. The Labute approximate surface area is 131 Å². The van der Waals surface area contributed by atoms with Crippen molar-refractivity contribution in [1.29, 1.82) is 0 Å². The normalized spacial score (nSPS) is 10.8. The predicted molar refractivity (Wildman–Crippen MR) is 86.3 cm³/mol. The molecule has 0 spiro atoms. The molecule has 0 amide bonds. The third-order valence-corrected chi connectivity index (χ3v) is 3.46. The molecule has 0 fully saturated rings. The van der Waals surface area contributed by atoms with Crippen LogP contribution in [0.3, 0.4) is 0 Å². The van der Waals surface area contributed by atoms with Crippen LogP contribution in [0.25, 0.3) is 22.2 Å². The van der Waals surface area contributed by atoms with Crippen molar-refractivity contribution in [3.8, 4) is 17.0 Å². The number of rotatable bonds is 3. The van der Waals surface area contributed by atoms with Gasteiger partial charge in [-0.2, -0.15) is 15.4 Å². The number of hydrogen-bond donors (Lipinski definition) is 3. The van der Waals surface area contributed by atoms with Crippen molar-refractivity contribution < 1.29 is 5.11 Å². The number of nitrogens with one attached hydrogen (secondary N) is 2. The second kappa shape index (κ2) is 5.38. The minimum atomic E-state index is 0.191. The number of phenolic OH excluding ortho intramolecular Hbond substituents is 1. The van der Waals surface area contributed by atoms with E-state index in [2.05, 4.69) is 30.7 Å². The molecule has 4 aromatic rings. The van der Waals surface area contributed by atoms with Crippen LogP contribution in [0.4, 0.5) is 11.5 Å².